The van der Waals surface area contributed by atoms with Crippen molar-refractivity contribution in [3.05, 3.63) is 78.0 Å². The smallest absolute Gasteiger partial charge is 0.289 e. The summed E-state index contributed by atoms with van der Waals surface area (Å²) in [7, 11) is 0. The van der Waals surface area contributed by atoms with Gasteiger partial charge in [0.1, 0.15) is 5.69 Å². The van der Waals surface area contributed by atoms with Gasteiger partial charge in [-0.05, 0) is 30.5 Å². The molecule has 4 amide bonds. The van der Waals surface area contributed by atoms with Gasteiger partial charge in [0.25, 0.3) is 11.8 Å². The molecule has 2 heterocycles. The summed E-state index contributed by atoms with van der Waals surface area (Å²) >= 11 is 0. The lowest BCUT2D eigenvalue weighted by Gasteiger charge is -2.20. The fourth-order valence-corrected chi connectivity index (χ4v) is 4.10. The van der Waals surface area contributed by atoms with Crippen LogP contribution in [0.5, 0.6) is 0 Å². The van der Waals surface area contributed by atoms with Crippen LogP contribution < -0.4 is 21.3 Å². The third-order valence-corrected chi connectivity index (χ3v) is 6.09. The maximum absolute atomic E-state index is 12.9. The number of carbonyl (C=O) groups excluding carboxylic acids is 5. The van der Waals surface area contributed by atoms with Crippen LogP contribution in [0.1, 0.15) is 28.9 Å². The van der Waals surface area contributed by atoms with Gasteiger partial charge < -0.3 is 21.3 Å². The molecular formula is C27H27N5O5. The second-order valence-corrected chi connectivity index (χ2v) is 8.74. The number of pyridine rings is 1. The normalized spacial score (nSPS) is 15.5. The summed E-state index contributed by atoms with van der Waals surface area (Å²) in [5.41, 5.74) is 1.59. The number of benzene rings is 2. The summed E-state index contributed by atoms with van der Waals surface area (Å²) in [5.74, 6) is -3.68. The standard InChI is InChI=1S/C27H27N5O5/c33-23(16-30-26(36)21-11-10-18-8-4-5-9-20(18)31-21)32-22(14-19-12-13-28-25(19)35)24(34)27(37)29-15-17-6-2-1-3-7-17/h1-11,19,22H,12-16H2,(H,28,35)(H,29,37)(H,30,36)(H,32,33). The first kappa shape index (κ1) is 25.5. The lowest BCUT2D eigenvalue weighted by molar-refractivity contribution is -0.140. The Hall–Kier alpha value is -4.60. The molecule has 0 bridgehead atoms. The van der Waals surface area contributed by atoms with Crippen LogP contribution in [0.25, 0.3) is 10.9 Å². The lowest BCUT2D eigenvalue weighted by atomic mass is 9.95. The Morgan fingerprint density at radius 2 is 1.70 bits per heavy atom. The average molecular weight is 502 g/mol. The number of rotatable bonds is 10. The van der Waals surface area contributed by atoms with E-state index in [9.17, 15) is 24.0 Å². The maximum atomic E-state index is 12.9. The Balaban J connectivity index is 1.36. The molecule has 1 aliphatic heterocycles. The molecule has 10 heteroatoms. The summed E-state index contributed by atoms with van der Waals surface area (Å²) in [5, 5.41) is 11.1. The van der Waals surface area contributed by atoms with Gasteiger partial charge in [-0.25, -0.2) is 4.98 Å². The average Bonchev–Trinajstić information content (AvgIpc) is 3.33. The second-order valence-electron chi connectivity index (χ2n) is 8.74. The van der Waals surface area contributed by atoms with Crippen molar-refractivity contribution in [2.45, 2.75) is 25.4 Å². The van der Waals surface area contributed by atoms with Gasteiger partial charge in [-0.15, -0.1) is 0 Å². The molecule has 0 radical (unpaired) electrons. The number of aromatic nitrogens is 1. The number of Topliss-reactive ketones (excluding diaryl/α,β-unsaturated/α-hetero) is 1. The first-order valence-corrected chi connectivity index (χ1v) is 12.0. The molecule has 1 saturated heterocycles. The number of fused-ring (bicyclic) bond motifs is 1. The molecule has 1 fully saturated rings. The Morgan fingerprint density at radius 1 is 0.946 bits per heavy atom. The maximum Gasteiger partial charge on any atom is 0.289 e. The number of para-hydroxylation sites is 1. The Morgan fingerprint density at radius 3 is 2.46 bits per heavy atom. The minimum Gasteiger partial charge on any atom is -0.356 e. The van der Waals surface area contributed by atoms with Gasteiger partial charge in [-0.1, -0.05) is 54.6 Å². The van der Waals surface area contributed by atoms with Crippen LogP contribution in [0.4, 0.5) is 0 Å². The molecule has 190 valence electrons. The van der Waals surface area contributed by atoms with Gasteiger partial charge in [-0.3, -0.25) is 24.0 Å². The minimum atomic E-state index is -1.21. The molecule has 2 unspecified atom stereocenters. The highest BCUT2D eigenvalue weighted by atomic mass is 16.2. The number of carbonyl (C=O) groups is 5. The number of nitrogens with one attached hydrogen (secondary N) is 4. The van der Waals surface area contributed by atoms with Crippen LogP contribution >= 0.6 is 0 Å². The summed E-state index contributed by atoms with van der Waals surface area (Å²) < 4.78 is 0. The van der Waals surface area contributed by atoms with Gasteiger partial charge in [0.15, 0.2) is 0 Å². The van der Waals surface area contributed by atoms with Crippen LogP contribution in [-0.2, 0) is 25.7 Å². The molecule has 2 atom stereocenters. The van der Waals surface area contributed by atoms with Crippen LogP contribution in [0.2, 0.25) is 0 Å². The molecule has 4 rings (SSSR count). The van der Waals surface area contributed by atoms with Crippen molar-refractivity contribution >= 4 is 40.3 Å². The Kier molecular flexibility index (Phi) is 8.19. The summed E-state index contributed by atoms with van der Waals surface area (Å²) in [6.07, 6.45) is 0.476. The Labute approximate surface area is 213 Å². The highest BCUT2D eigenvalue weighted by molar-refractivity contribution is 6.38. The highest BCUT2D eigenvalue weighted by Crippen LogP contribution is 2.17. The predicted octanol–water partition coefficient (Wildman–Crippen LogP) is 0.861. The van der Waals surface area contributed by atoms with Crippen LogP contribution in [0.15, 0.2) is 66.7 Å². The van der Waals surface area contributed by atoms with E-state index in [1.807, 2.05) is 36.4 Å². The van der Waals surface area contributed by atoms with E-state index in [1.54, 1.807) is 30.3 Å². The predicted molar refractivity (Wildman–Crippen MR) is 135 cm³/mol. The topological polar surface area (TPSA) is 146 Å². The van der Waals surface area contributed by atoms with E-state index < -0.39 is 42.0 Å². The van der Waals surface area contributed by atoms with E-state index in [-0.39, 0.29) is 24.6 Å². The third kappa shape index (κ3) is 6.75. The van der Waals surface area contributed by atoms with Crippen molar-refractivity contribution in [2.24, 2.45) is 5.92 Å². The molecule has 3 aromatic rings. The zero-order valence-electron chi connectivity index (χ0n) is 20.0. The van der Waals surface area contributed by atoms with E-state index in [0.717, 1.165) is 10.9 Å². The number of hydrogen-bond donors (Lipinski definition) is 4. The summed E-state index contributed by atoms with van der Waals surface area (Å²) in [4.78, 5) is 67.0. The van der Waals surface area contributed by atoms with Gasteiger partial charge in [0, 0.05) is 24.4 Å². The molecule has 0 aliphatic carbocycles. The fourth-order valence-electron chi connectivity index (χ4n) is 4.10. The SMILES string of the molecule is O=C(CNC(=O)c1ccc2ccccc2n1)NC(CC1CCNC1=O)C(=O)C(=O)NCc1ccccc1. The largest absolute Gasteiger partial charge is 0.356 e. The number of amides is 4. The number of ketones is 1. The molecular weight excluding hydrogens is 474 g/mol. The Bertz CT molecular complexity index is 1330. The summed E-state index contributed by atoms with van der Waals surface area (Å²) in [6, 6.07) is 18.5. The van der Waals surface area contributed by atoms with E-state index in [4.69, 9.17) is 0 Å². The number of hydrogen-bond acceptors (Lipinski definition) is 6. The second kappa shape index (κ2) is 11.9. The minimum absolute atomic E-state index is 0.0185. The van der Waals surface area contributed by atoms with Gasteiger partial charge >= 0.3 is 0 Å². The molecule has 0 saturated carbocycles. The third-order valence-electron chi connectivity index (χ3n) is 6.09. The van der Waals surface area contributed by atoms with Crippen molar-refractivity contribution < 1.29 is 24.0 Å². The van der Waals surface area contributed by atoms with Gasteiger partial charge in [0.2, 0.25) is 17.6 Å². The van der Waals surface area contributed by atoms with Crippen LogP contribution in [0.3, 0.4) is 0 Å². The molecule has 0 spiro atoms. The molecule has 10 nitrogen and oxygen atoms in total. The summed E-state index contributed by atoms with van der Waals surface area (Å²) in [6.45, 7) is 0.178. The number of nitrogens with zero attached hydrogens (tertiary/aromatic N) is 1. The van der Waals surface area contributed by atoms with E-state index in [2.05, 4.69) is 26.3 Å². The molecule has 4 N–H and O–H groups in total. The van der Waals surface area contributed by atoms with Gasteiger partial charge in [0.05, 0.1) is 18.1 Å². The van der Waals surface area contributed by atoms with E-state index in [1.165, 1.54) is 0 Å². The molecule has 2 aromatic carbocycles. The highest BCUT2D eigenvalue weighted by Gasteiger charge is 2.34. The van der Waals surface area contributed by atoms with Gasteiger partial charge in [-0.2, -0.15) is 0 Å². The zero-order chi connectivity index (χ0) is 26.2. The van der Waals surface area contributed by atoms with Crippen molar-refractivity contribution in [2.75, 3.05) is 13.1 Å². The fraction of sp³-hybridized carbons (Fsp3) is 0.259. The van der Waals surface area contributed by atoms with Crippen molar-refractivity contribution in [1.29, 1.82) is 0 Å². The lowest BCUT2D eigenvalue weighted by Crippen LogP contribution is -2.51. The molecule has 1 aromatic heterocycles. The first-order valence-electron chi connectivity index (χ1n) is 12.0. The van der Waals surface area contributed by atoms with Crippen molar-refractivity contribution in [3.63, 3.8) is 0 Å². The van der Waals surface area contributed by atoms with E-state index in [0.29, 0.717) is 18.5 Å². The first-order chi connectivity index (χ1) is 17.9. The van der Waals surface area contributed by atoms with Crippen LogP contribution in [0, 0.1) is 5.92 Å². The van der Waals surface area contributed by atoms with E-state index >= 15 is 0 Å². The van der Waals surface area contributed by atoms with Crippen LogP contribution in [-0.4, -0.2) is 53.5 Å². The monoisotopic (exact) mass is 501 g/mol. The van der Waals surface area contributed by atoms with Crippen molar-refractivity contribution in [3.8, 4) is 0 Å². The quantitative estimate of drug-likeness (QED) is 0.303. The molecule has 37 heavy (non-hydrogen) atoms. The van der Waals surface area contributed by atoms with Crippen molar-refractivity contribution in [1.82, 2.24) is 26.3 Å². The molecule has 1 aliphatic rings. The zero-order valence-corrected chi connectivity index (χ0v) is 20.0.